The topological polar surface area (TPSA) is 302 Å². The maximum atomic E-state index is 13.1. The lowest BCUT2D eigenvalue weighted by molar-refractivity contribution is -0.161. The summed E-state index contributed by atoms with van der Waals surface area (Å²) in [6, 6.07) is -2.49. The molecule has 1 fully saturated rings. The first-order valence-corrected chi connectivity index (χ1v) is 13.6. The smallest absolute Gasteiger partial charge is 0.407 e. The molecule has 1 aliphatic rings. The van der Waals surface area contributed by atoms with E-state index in [2.05, 4.69) is 20.8 Å². The van der Waals surface area contributed by atoms with Crippen LogP contribution in [0, 0.1) is 0 Å². The monoisotopic (exact) mass is 633 g/mol. The quantitative estimate of drug-likeness (QED) is 0.0456. The number of ether oxygens (including phenoxy) is 1. The number of aliphatic carboxylic acids is 1. The Labute approximate surface area is 238 Å². The van der Waals surface area contributed by atoms with Crippen LogP contribution >= 0.6 is 11.3 Å². The SMILES string of the molecule is CC(C)(O/N=C(\C(=O)N[C@@H]1C(=O)N(S(=O)(=O)O)[C@@H]1CNC(=O)OCc1cc(=O)c(O)cn1O)c1csc(N)n1)C(=O)O. The number of rotatable bonds is 11. The second kappa shape index (κ2) is 11.9. The lowest BCUT2D eigenvalue weighted by Crippen LogP contribution is -2.74. The highest BCUT2D eigenvalue weighted by Gasteiger charge is 2.54. The third-order valence-electron chi connectivity index (χ3n) is 5.46. The van der Waals surface area contributed by atoms with Gasteiger partial charge in [0.15, 0.2) is 16.6 Å². The third kappa shape index (κ3) is 7.02. The van der Waals surface area contributed by atoms with Crippen LogP contribution in [0.5, 0.6) is 5.75 Å². The van der Waals surface area contributed by atoms with Crippen LogP contribution in [0.15, 0.2) is 27.6 Å². The minimum Gasteiger partial charge on any atom is -0.503 e. The van der Waals surface area contributed by atoms with Crippen LogP contribution in [0.2, 0.25) is 0 Å². The Balaban J connectivity index is 1.76. The summed E-state index contributed by atoms with van der Waals surface area (Å²) in [6.45, 7) is 0.860. The van der Waals surface area contributed by atoms with Gasteiger partial charge in [0, 0.05) is 18.0 Å². The summed E-state index contributed by atoms with van der Waals surface area (Å²) in [5, 5.41) is 37.3. The van der Waals surface area contributed by atoms with Gasteiger partial charge in [0.25, 0.3) is 11.8 Å². The zero-order valence-electron chi connectivity index (χ0n) is 21.4. The number of anilines is 1. The van der Waals surface area contributed by atoms with E-state index in [1.807, 2.05) is 0 Å². The predicted molar refractivity (Wildman–Crippen MR) is 138 cm³/mol. The number of nitrogens with zero attached hydrogens (tertiary/aromatic N) is 4. The van der Waals surface area contributed by atoms with E-state index in [9.17, 15) is 52.4 Å². The Morgan fingerprint density at radius 3 is 2.52 bits per heavy atom. The van der Waals surface area contributed by atoms with Crippen molar-refractivity contribution in [2.24, 2.45) is 5.16 Å². The molecule has 20 nitrogen and oxygen atoms in total. The number of aromatic nitrogens is 2. The number of nitrogens with two attached hydrogens (primary N) is 1. The van der Waals surface area contributed by atoms with Crippen molar-refractivity contribution in [3.8, 4) is 5.75 Å². The van der Waals surface area contributed by atoms with Gasteiger partial charge in [-0.3, -0.25) is 18.9 Å². The molecule has 0 spiro atoms. The van der Waals surface area contributed by atoms with Gasteiger partial charge in [-0.1, -0.05) is 5.16 Å². The lowest BCUT2D eigenvalue weighted by atomic mass is 9.98. The number of thiazole rings is 1. The van der Waals surface area contributed by atoms with Gasteiger partial charge >= 0.3 is 22.4 Å². The molecule has 3 amide bonds. The molecule has 42 heavy (non-hydrogen) atoms. The second-order valence-electron chi connectivity index (χ2n) is 8.86. The van der Waals surface area contributed by atoms with Crippen molar-refractivity contribution in [1.82, 2.24) is 24.7 Å². The fourth-order valence-electron chi connectivity index (χ4n) is 3.21. The third-order valence-corrected chi connectivity index (χ3v) is 7.08. The molecule has 0 radical (unpaired) electrons. The normalized spacial score (nSPS) is 17.3. The molecule has 3 rings (SSSR count). The average molecular weight is 634 g/mol. The van der Waals surface area contributed by atoms with E-state index in [4.69, 9.17) is 15.3 Å². The zero-order valence-corrected chi connectivity index (χ0v) is 23.1. The molecule has 1 saturated heterocycles. The predicted octanol–water partition coefficient (Wildman–Crippen LogP) is -2.16. The summed E-state index contributed by atoms with van der Waals surface area (Å²) in [4.78, 5) is 69.4. The first-order valence-electron chi connectivity index (χ1n) is 11.3. The average Bonchev–Trinajstić information content (AvgIpc) is 3.30. The van der Waals surface area contributed by atoms with Crippen LogP contribution < -0.4 is 21.8 Å². The maximum Gasteiger partial charge on any atom is 0.407 e. The van der Waals surface area contributed by atoms with Gasteiger partial charge in [0.2, 0.25) is 11.0 Å². The highest BCUT2D eigenvalue weighted by Crippen LogP contribution is 2.24. The summed E-state index contributed by atoms with van der Waals surface area (Å²) in [6.07, 6.45) is -0.582. The number of alkyl carbamates (subject to hydrolysis) is 1. The molecule has 8 N–H and O–H groups in total. The largest absolute Gasteiger partial charge is 0.503 e. The van der Waals surface area contributed by atoms with Gasteiger partial charge < -0.3 is 41.4 Å². The minimum absolute atomic E-state index is 0.00801. The summed E-state index contributed by atoms with van der Waals surface area (Å²) < 4.78 is 38.1. The van der Waals surface area contributed by atoms with Crippen LogP contribution in [-0.2, 0) is 40.9 Å². The molecule has 0 bridgehead atoms. The zero-order chi connectivity index (χ0) is 31.6. The van der Waals surface area contributed by atoms with Crippen molar-refractivity contribution in [3.63, 3.8) is 0 Å². The molecule has 1 aliphatic heterocycles. The lowest BCUT2D eigenvalue weighted by Gasteiger charge is -2.44. The van der Waals surface area contributed by atoms with Crippen molar-refractivity contribution in [2.45, 2.75) is 38.1 Å². The number of amides is 3. The van der Waals surface area contributed by atoms with E-state index in [1.54, 1.807) is 0 Å². The number of oxime groups is 1. The minimum atomic E-state index is -5.16. The number of nitrogen functional groups attached to an aromatic ring is 1. The fourth-order valence-corrected chi connectivity index (χ4v) is 4.64. The molecule has 0 saturated carbocycles. The van der Waals surface area contributed by atoms with E-state index in [-0.39, 0.29) is 20.8 Å². The highest BCUT2D eigenvalue weighted by atomic mass is 32.2. The van der Waals surface area contributed by atoms with E-state index in [0.717, 1.165) is 31.3 Å². The number of carboxylic acids is 1. The number of β-lactam (4-membered cyclic amide) rings is 1. The van der Waals surface area contributed by atoms with Crippen molar-refractivity contribution < 1.29 is 57.1 Å². The Morgan fingerprint density at radius 1 is 1.29 bits per heavy atom. The van der Waals surface area contributed by atoms with Gasteiger partial charge in [-0.25, -0.2) is 18.9 Å². The summed E-state index contributed by atoms with van der Waals surface area (Å²) in [5.74, 6) is -4.70. The number of hydrogen-bond acceptors (Lipinski definition) is 15. The van der Waals surface area contributed by atoms with Gasteiger partial charge in [0.1, 0.15) is 18.3 Å². The molecule has 2 atom stereocenters. The first kappa shape index (κ1) is 31.6. The summed E-state index contributed by atoms with van der Waals surface area (Å²) in [7, 11) is -5.16. The Hall–Kier alpha value is -4.96. The standard InChI is InChI=1S/C20H23N7O13S2/c1-20(2,17(32)33)40-25-13(9-7-41-18(21)23-9)15(30)24-14-10(27(16(14)31)42(36,37)38)4-22-19(34)39-6-8-3-11(28)12(29)5-26(8)35/h3,5,7,10,14,29,35H,4,6H2,1-2H3,(H2,21,23)(H,22,34)(H,24,30)(H,32,33)(H,36,37,38)/b25-13-/t10-,14+/m1/s1. The second-order valence-corrected chi connectivity index (χ2v) is 11.0. The van der Waals surface area contributed by atoms with Crippen LogP contribution in [0.3, 0.4) is 0 Å². The van der Waals surface area contributed by atoms with Crippen molar-refractivity contribution in [3.05, 3.63) is 39.3 Å². The number of aromatic hydroxyl groups is 1. The number of carboxylic acid groups (broad SMARTS) is 1. The molecule has 0 unspecified atom stereocenters. The number of hydrogen-bond donors (Lipinski definition) is 7. The Bertz CT molecular complexity index is 1620. The molecule has 2 aromatic rings. The van der Waals surface area contributed by atoms with Crippen molar-refractivity contribution in [2.75, 3.05) is 12.3 Å². The maximum absolute atomic E-state index is 13.1. The van der Waals surface area contributed by atoms with Gasteiger partial charge in [0.05, 0.1) is 17.9 Å². The van der Waals surface area contributed by atoms with Crippen molar-refractivity contribution in [1.29, 1.82) is 0 Å². The van der Waals surface area contributed by atoms with Gasteiger partial charge in [-0.05, 0) is 13.8 Å². The number of carbonyl (C=O) groups excluding carboxylic acids is 3. The van der Waals surface area contributed by atoms with E-state index >= 15 is 0 Å². The molecule has 2 aromatic heterocycles. The summed E-state index contributed by atoms with van der Waals surface area (Å²) in [5.41, 5.74) is 1.74. The van der Waals surface area contributed by atoms with Gasteiger partial charge in [-0.15, -0.1) is 11.3 Å². The molecule has 22 heteroatoms. The fraction of sp³-hybridized carbons (Fsp3) is 0.350. The molecule has 0 aromatic carbocycles. The Morgan fingerprint density at radius 2 is 1.95 bits per heavy atom. The van der Waals surface area contributed by atoms with E-state index in [1.165, 1.54) is 5.38 Å². The molecular weight excluding hydrogens is 610 g/mol. The molecule has 228 valence electrons. The highest BCUT2D eigenvalue weighted by molar-refractivity contribution is 7.84. The number of pyridine rings is 1. The number of nitrogens with one attached hydrogen (secondary N) is 2. The van der Waals surface area contributed by atoms with E-state index < -0.39 is 81.9 Å². The van der Waals surface area contributed by atoms with E-state index in [0.29, 0.717) is 10.9 Å². The van der Waals surface area contributed by atoms with Crippen LogP contribution in [0.25, 0.3) is 0 Å². The van der Waals surface area contributed by atoms with Crippen LogP contribution in [-0.4, -0.2) is 96.2 Å². The molecule has 0 aliphatic carbocycles. The summed E-state index contributed by atoms with van der Waals surface area (Å²) >= 11 is 0.888. The first-order chi connectivity index (χ1) is 19.4. The van der Waals surface area contributed by atoms with Crippen LogP contribution in [0.4, 0.5) is 9.93 Å². The molecular formula is C20H23N7O13S2. The van der Waals surface area contributed by atoms with Gasteiger partial charge in [-0.2, -0.15) is 13.1 Å². The molecule has 3 heterocycles. The van der Waals surface area contributed by atoms with Crippen LogP contribution in [0.1, 0.15) is 25.2 Å². The van der Waals surface area contributed by atoms with Crippen molar-refractivity contribution >= 4 is 56.4 Å². The number of carbonyl (C=O) groups is 4. The Kier molecular flexibility index (Phi) is 8.93.